The van der Waals surface area contributed by atoms with Crippen LogP contribution in [0.5, 0.6) is 0 Å². The highest BCUT2D eigenvalue weighted by Crippen LogP contribution is 2.02. The van der Waals surface area contributed by atoms with E-state index >= 15 is 0 Å². The molecular weight excluding hydrogens is 332 g/mol. The van der Waals surface area contributed by atoms with Crippen molar-refractivity contribution in [1.29, 1.82) is 0 Å². The smallest absolute Gasteiger partial charge is 0.326 e. The maximum absolute atomic E-state index is 12.0. The summed E-state index contributed by atoms with van der Waals surface area (Å²) in [5.74, 6) is -2.90. The lowest BCUT2D eigenvalue weighted by Crippen LogP contribution is -2.51. The van der Waals surface area contributed by atoms with Gasteiger partial charge in [-0.3, -0.25) is 19.2 Å². The molecule has 0 spiro atoms. The SMILES string of the molecule is CC(=O)NCCCC[C@H](NC(=O)[C@H](C)NC(=O)CNC(C)=O)C(=O)O. The molecule has 0 saturated carbocycles. The molecule has 0 saturated heterocycles. The second kappa shape index (κ2) is 11.8. The molecule has 0 rings (SSSR count). The Bertz CT molecular complexity index is 508. The summed E-state index contributed by atoms with van der Waals surface area (Å²) in [4.78, 5) is 56.1. The lowest BCUT2D eigenvalue weighted by molar-refractivity contribution is -0.142. The van der Waals surface area contributed by atoms with E-state index < -0.39 is 29.9 Å². The summed E-state index contributed by atoms with van der Waals surface area (Å²) >= 11 is 0. The maximum atomic E-state index is 12.0. The molecule has 25 heavy (non-hydrogen) atoms. The minimum Gasteiger partial charge on any atom is -0.480 e. The molecule has 0 aliphatic carbocycles. The van der Waals surface area contributed by atoms with E-state index in [1.807, 2.05) is 0 Å². The quantitative estimate of drug-likeness (QED) is 0.283. The van der Waals surface area contributed by atoms with Gasteiger partial charge < -0.3 is 26.4 Å². The van der Waals surface area contributed by atoms with Crippen LogP contribution in [0.15, 0.2) is 0 Å². The predicted molar refractivity (Wildman–Crippen MR) is 88.4 cm³/mol. The molecule has 0 aromatic heterocycles. The summed E-state index contributed by atoms with van der Waals surface area (Å²) in [7, 11) is 0. The van der Waals surface area contributed by atoms with E-state index in [-0.39, 0.29) is 24.8 Å². The molecule has 0 aliphatic rings. The van der Waals surface area contributed by atoms with Crippen LogP contribution in [-0.2, 0) is 24.0 Å². The first kappa shape index (κ1) is 22.4. The highest BCUT2D eigenvalue weighted by atomic mass is 16.4. The van der Waals surface area contributed by atoms with Crippen molar-refractivity contribution in [2.24, 2.45) is 0 Å². The molecule has 0 unspecified atom stereocenters. The van der Waals surface area contributed by atoms with Crippen molar-refractivity contribution in [3.8, 4) is 0 Å². The molecule has 0 fully saturated rings. The van der Waals surface area contributed by atoms with Crippen molar-refractivity contribution in [3.63, 3.8) is 0 Å². The molecule has 5 N–H and O–H groups in total. The van der Waals surface area contributed by atoms with Gasteiger partial charge in [0.25, 0.3) is 0 Å². The Hall–Kier alpha value is -2.65. The summed E-state index contributed by atoms with van der Waals surface area (Å²) in [6, 6.07) is -2.03. The molecule has 0 heterocycles. The number of carboxylic acids is 1. The fraction of sp³-hybridized carbons (Fsp3) is 0.667. The van der Waals surface area contributed by atoms with Crippen LogP contribution in [0.2, 0.25) is 0 Å². The fourth-order valence-electron chi connectivity index (χ4n) is 1.85. The van der Waals surface area contributed by atoms with E-state index in [4.69, 9.17) is 5.11 Å². The number of amides is 4. The van der Waals surface area contributed by atoms with Gasteiger partial charge in [-0.25, -0.2) is 4.79 Å². The summed E-state index contributed by atoms with van der Waals surface area (Å²) < 4.78 is 0. The molecule has 10 nitrogen and oxygen atoms in total. The minimum absolute atomic E-state index is 0.160. The Labute approximate surface area is 146 Å². The Morgan fingerprint density at radius 3 is 2.04 bits per heavy atom. The van der Waals surface area contributed by atoms with Crippen LogP contribution in [0.1, 0.15) is 40.0 Å². The van der Waals surface area contributed by atoms with Gasteiger partial charge in [-0.1, -0.05) is 0 Å². The number of hydrogen-bond donors (Lipinski definition) is 5. The molecule has 10 heteroatoms. The third-order valence-corrected chi connectivity index (χ3v) is 3.18. The standard InChI is InChI=1S/C15H26N4O6/c1-9(18-13(22)8-17-11(3)21)14(23)19-12(15(24)25)6-4-5-7-16-10(2)20/h9,12H,4-8H2,1-3H3,(H,16,20)(H,17,21)(H,18,22)(H,19,23)(H,24,25)/t9-,12-/m0/s1. The van der Waals surface area contributed by atoms with Crippen LogP contribution in [0.4, 0.5) is 0 Å². The topological polar surface area (TPSA) is 154 Å². The van der Waals surface area contributed by atoms with Crippen LogP contribution in [0.25, 0.3) is 0 Å². The van der Waals surface area contributed by atoms with Crippen LogP contribution < -0.4 is 21.3 Å². The molecule has 4 amide bonds. The largest absolute Gasteiger partial charge is 0.480 e. The third-order valence-electron chi connectivity index (χ3n) is 3.18. The average molecular weight is 358 g/mol. The van der Waals surface area contributed by atoms with Gasteiger partial charge in [-0.05, 0) is 26.2 Å². The van der Waals surface area contributed by atoms with E-state index in [1.165, 1.54) is 20.8 Å². The predicted octanol–water partition coefficient (Wildman–Crippen LogP) is -1.50. The number of nitrogens with one attached hydrogen (secondary N) is 4. The van der Waals surface area contributed by atoms with Crippen molar-refractivity contribution in [3.05, 3.63) is 0 Å². The summed E-state index contributed by atoms with van der Waals surface area (Å²) in [5.41, 5.74) is 0. The lowest BCUT2D eigenvalue weighted by Gasteiger charge is -2.19. The van der Waals surface area contributed by atoms with Gasteiger partial charge >= 0.3 is 5.97 Å². The monoisotopic (exact) mass is 358 g/mol. The molecule has 0 aromatic rings. The number of aliphatic carboxylic acids is 1. The van der Waals surface area contributed by atoms with Crippen LogP contribution in [0, 0.1) is 0 Å². The molecule has 2 atom stereocenters. The zero-order chi connectivity index (χ0) is 19.4. The summed E-state index contributed by atoms with van der Waals surface area (Å²) in [5, 5.41) is 18.8. The number of hydrogen-bond acceptors (Lipinski definition) is 5. The first-order valence-corrected chi connectivity index (χ1v) is 7.95. The average Bonchev–Trinajstić information content (AvgIpc) is 2.50. The van der Waals surface area contributed by atoms with E-state index in [0.29, 0.717) is 19.4 Å². The second-order valence-corrected chi connectivity index (χ2v) is 5.58. The molecular formula is C15H26N4O6. The normalized spacial score (nSPS) is 12.4. The molecule has 142 valence electrons. The molecule has 0 aliphatic heterocycles. The summed E-state index contributed by atoms with van der Waals surface area (Å²) in [6.07, 6.45) is 1.29. The van der Waals surface area contributed by atoms with E-state index in [0.717, 1.165) is 0 Å². The Kier molecular flexibility index (Phi) is 10.6. The number of unbranched alkanes of at least 4 members (excludes halogenated alkanes) is 1. The Morgan fingerprint density at radius 1 is 0.920 bits per heavy atom. The van der Waals surface area contributed by atoms with Gasteiger partial charge in [0.15, 0.2) is 0 Å². The number of carbonyl (C=O) groups is 5. The zero-order valence-electron chi connectivity index (χ0n) is 14.7. The van der Waals surface area contributed by atoms with Crippen molar-refractivity contribution in [1.82, 2.24) is 21.3 Å². The third kappa shape index (κ3) is 11.5. The van der Waals surface area contributed by atoms with Crippen LogP contribution in [-0.4, -0.2) is 59.9 Å². The minimum atomic E-state index is -1.18. The molecule has 0 radical (unpaired) electrons. The van der Waals surface area contributed by atoms with Crippen molar-refractivity contribution in [2.75, 3.05) is 13.1 Å². The van der Waals surface area contributed by atoms with Gasteiger partial charge in [0.1, 0.15) is 12.1 Å². The van der Waals surface area contributed by atoms with Crippen LogP contribution >= 0.6 is 0 Å². The van der Waals surface area contributed by atoms with E-state index in [9.17, 15) is 24.0 Å². The summed E-state index contributed by atoms with van der Waals surface area (Å²) in [6.45, 7) is 4.23. The van der Waals surface area contributed by atoms with Gasteiger partial charge in [0.2, 0.25) is 23.6 Å². The lowest BCUT2D eigenvalue weighted by atomic mass is 10.1. The second-order valence-electron chi connectivity index (χ2n) is 5.58. The van der Waals surface area contributed by atoms with E-state index in [2.05, 4.69) is 21.3 Å². The van der Waals surface area contributed by atoms with Gasteiger partial charge in [-0.2, -0.15) is 0 Å². The first-order valence-electron chi connectivity index (χ1n) is 7.95. The Balaban J connectivity index is 4.29. The van der Waals surface area contributed by atoms with E-state index in [1.54, 1.807) is 0 Å². The zero-order valence-corrected chi connectivity index (χ0v) is 14.7. The van der Waals surface area contributed by atoms with Crippen molar-refractivity contribution < 1.29 is 29.1 Å². The Morgan fingerprint density at radius 2 is 1.52 bits per heavy atom. The first-order chi connectivity index (χ1) is 11.6. The maximum Gasteiger partial charge on any atom is 0.326 e. The fourth-order valence-corrected chi connectivity index (χ4v) is 1.85. The van der Waals surface area contributed by atoms with Crippen molar-refractivity contribution in [2.45, 2.75) is 52.1 Å². The van der Waals surface area contributed by atoms with Gasteiger partial charge in [0, 0.05) is 20.4 Å². The highest BCUT2D eigenvalue weighted by Gasteiger charge is 2.23. The number of carboxylic acid groups (broad SMARTS) is 1. The highest BCUT2D eigenvalue weighted by molar-refractivity contribution is 5.91. The number of carbonyl (C=O) groups excluding carboxylic acids is 4. The van der Waals surface area contributed by atoms with Crippen molar-refractivity contribution >= 4 is 29.6 Å². The molecule has 0 bridgehead atoms. The van der Waals surface area contributed by atoms with Crippen LogP contribution in [0.3, 0.4) is 0 Å². The molecule has 0 aromatic carbocycles. The number of rotatable bonds is 11. The van der Waals surface area contributed by atoms with Gasteiger partial charge in [-0.15, -0.1) is 0 Å². The van der Waals surface area contributed by atoms with Gasteiger partial charge in [0.05, 0.1) is 6.54 Å².